The molecule has 7 heteroatoms. The highest BCUT2D eigenvalue weighted by molar-refractivity contribution is 7.95. The average Bonchev–Trinajstić information content (AvgIpc) is 2.14. The van der Waals surface area contributed by atoms with Crippen LogP contribution >= 0.6 is 0 Å². The van der Waals surface area contributed by atoms with Crippen molar-refractivity contribution in [3.8, 4) is 0 Å². The summed E-state index contributed by atoms with van der Waals surface area (Å²) in [5, 5.41) is 2.62. The Labute approximate surface area is 105 Å². The van der Waals surface area contributed by atoms with Crippen LogP contribution in [-0.2, 0) is 19.7 Å². The largest absolute Gasteiger partial charge is 0.314 e. The lowest BCUT2D eigenvalue weighted by molar-refractivity contribution is 0.509. The van der Waals surface area contributed by atoms with Gasteiger partial charge in [0.2, 0.25) is 0 Å². The van der Waals surface area contributed by atoms with Gasteiger partial charge in [-0.25, -0.2) is 16.8 Å². The van der Waals surface area contributed by atoms with Crippen LogP contribution < -0.4 is 5.32 Å². The van der Waals surface area contributed by atoms with Gasteiger partial charge in [0.1, 0.15) is 9.84 Å². The molecular weight excluding hydrogens is 262 g/mol. The lowest BCUT2D eigenvalue weighted by atomic mass is 10.2. The van der Waals surface area contributed by atoms with Gasteiger partial charge < -0.3 is 5.32 Å². The highest BCUT2D eigenvalue weighted by atomic mass is 32.2. The van der Waals surface area contributed by atoms with Crippen molar-refractivity contribution in [2.75, 3.05) is 24.3 Å². The molecule has 0 aromatic carbocycles. The fourth-order valence-corrected chi connectivity index (χ4v) is 4.67. The number of nitrogens with one attached hydrogen (secondary N) is 1. The molecule has 0 aromatic heterocycles. The highest BCUT2D eigenvalue weighted by Crippen LogP contribution is 2.10. The maximum absolute atomic E-state index is 11.8. The van der Waals surface area contributed by atoms with Crippen molar-refractivity contribution in [1.82, 2.24) is 5.32 Å². The molecule has 0 spiro atoms. The number of hydrogen-bond donors (Lipinski definition) is 1. The third-order valence-corrected chi connectivity index (χ3v) is 5.99. The van der Waals surface area contributed by atoms with Crippen molar-refractivity contribution in [2.45, 2.75) is 38.5 Å². The molecule has 0 aromatic rings. The van der Waals surface area contributed by atoms with Gasteiger partial charge in [0.05, 0.1) is 16.8 Å². The monoisotopic (exact) mass is 285 g/mol. The van der Waals surface area contributed by atoms with Gasteiger partial charge in [-0.15, -0.1) is 0 Å². The van der Waals surface area contributed by atoms with Crippen molar-refractivity contribution in [1.29, 1.82) is 0 Å². The maximum atomic E-state index is 11.8. The molecule has 0 heterocycles. The third-order valence-electron chi connectivity index (χ3n) is 2.59. The summed E-state index contributed by atoms with van der Waals surface area (Å²) in [6.07, 6.45) is 1.55. The van der Waals surface area contributed by atoms with Crippen LogP contribution in [0.1, 0.15) is 27.2 Å². The second kappa shape index (κ2) is 6.70. The van der Waals surface area contributed by atoms with Crippen LogP contribution in [0.25, 0.3) is 0 Å². The summed E-state index contributed by atoms with van der Waals surface area (Å²) >= 11 is 0. The number of hydrogen-bond acceptors (Lipinski definition) is 5. The van der Waals surface area contributed by atoms with Gasteiger partial charge in [-0.3, -0.25) is 0 Å². The molecule has 104 valence electrons. The van der Waals surface area contributed by atoms with Crippen LogP contribution in [0.2, 0.25) is 0 Å². The zero-order valence-electron chi connectivity index (χ0n) is 10.9. The smallest absolute Gasteiger partial charge is 0.153 e. The Balaban J connectivity index is 4.40. The van der Waals surface area contributed by atoms with Crippen LogP contribution in [-0.4, -0.2) is 52.4 Å². The summed E-state index contributed by atoms with van der Waals surface area (Å²) < 4.78 is 45.5. The summed E-state index contributed by atoms with van der Waals surface area (Å²) in [7, 11) is -6.55. The summed E-state index contributed by atoms with van der Waals surface area (Å²) in [6, 6.07) is 0.114. The van der Waals surface area contributed by atoms with Crippen molar-refractivity contribution in [2.24, 2.45) is 0 Å². The minimum Gasteiger partial charge on any atom is -0.314 e. The molecule has 0 aliphatic rings. The van der Waals surface area contributed by atoms with E-state index in [9.17, 15) is 16.8 Å². The fraction of sp³-hybridized carbons (Fsp3) is 1.00. The second-order valence-corrected chi connectivity index (χ2v) is 9.30. The van der Waals surface area contributed by atoms with Crippen molar-refractivity contribution >= 4 is 19.7 Å². The first-order chi connectivity index (χ1) is 7.58. The molecule has 0 radical (unpaired) electrons. The standard InChI is InChI=1S/C10H23NO4S2/c1-5-11-9(2)8-10(3)17(14,15)7-6-16(4,12)13/h9-11H,5-8H2,1-4H3. The number of sulfone groups is 2. The minimum absolute atomic E-state index is 0.114. The maximum Gasteiger partial charge on any atom is 0.153 e. The average molecular weight is 285 g/mol. The lowest BCUT2D eigenvalue weighted by Crippen LogP contribution is -2.33. The van der Waals surface area contributed by atoms with E-state index in [0.29, 0.717) is 6.42 Å². The Morgan fingerprint density at radius 3 is 2.00 bits per heavy atom. The van der Waals surface area contributed by atoms with Gasteiger partial charge in [-0.05, 0) is 26.8 Å². The van der Waals surface area contributed by atoms with E-state index < -0.39 is 24.9 Å². The Bertz CT molecular complexity index is 414. The molecule has 0 aliphatic carbocycles. The first-order valence-corrected chi connectivity index (χ1v) is 9.48. The SMILES string of the molecule is CCNC(C)CC(C)S(=O)(=O)CCS(C)(=O)=O. The van der Waals surface area contributed by atoms with E-state index in [1.807, 2.05) is 13.8 Å². The summed E-state index contributed by atoms with van der Waals surface area (Å²) in [4.78, 5) is 0. The summed E-state index contributed by atoms with van der Waals surface area (Å²) in [6.45, 7) is 6.30. The molecule has 0 bridgehead atoms. The van der Waals surface area contributed by atoms with Gasteiger partial charge in [0, 0.05) is 12.3 Å². The molecular formula is C10H23NO4S2. The number of rotatable bonds is 8. The van der Waals surface area contributed by atoms with Crippen LogP contribution in [0.3, 0.4) is 0 Å². The molecule has 17 heavy (non-hydrogen) atoms. The molecule has 2 unspecified atom stereocenters. The van der Waals surface area contributed by atoms with Crippen molar-refractivity contribution < 1.29 is 16.8 Å². The Hall–Kier alpha value is -0.140. The van der Waals surface area contributed by atoms with E-state index in [-0.39, 0.29) is 17.5 Å². The van der Waals surface area contributed by atoms with E-state index in [1.54, 1.807) is 6.92 Å². The lowest BCUT2D eigenvalue weighted by Gasteiger charge is -2.18. The van der Waals surface area contributed by atoms with Crippen molar-refractivity contribution in [3.63, 3.8) is 0 Å². The normalized spacial score (nSPS) is 16.7. The Morgan fingerprint density at radius 2 is 1.59 bits per heavy atom. The van der Waals surface area contributed by atoms with Crippen LogP contribution in [0.15, 0.2) is 0 Å². The van der Waals surface area contributed by atoms with E-state index in [0.717, 1.165) is 12.8 Å². The van der Waals surface area contributed by atoms with Crippen molar-refractivity contribution in [3.05, 3.63) is 0 Å². The van der Waals surface area contributed by atoms with E-state index >= 15 is 0 Å². The van der Waals surface area contributed by atoms with Gasteiger partial charge in [-0.2, -0.15) is 0 Å². The van der Waals surface area contributed by atoms with Crippen LogP contribution in [0, 0.1) is 0 Å². The zero-order valence-corrected chi connectivity index (χ0v) is 12.6. The quantitative estimate of drug-likeness (QED) is 0.690. The van der Waals surface area contributed by atoms with Gasteiger partial charge in [0.15, 0.2) is 9.84 Å². The minimum atomic E-state index is -3.33. The molecule has 0 amide bonds. The topological polar surface area (TPSA) is 80.3 Å². The predicted octanol–water partition coefficient (Wildman–Crippen LogP) is 0.222. The summed E-state index contributed by atoms with van der Waals surface area (Å²) in [5.74, 6) is -0.582. The van der Waals surface area contributed by atoms with E-state index in [4.69, 9.17) is 0 Å². The van der Waals surface area contributed by atoms with E-state index in [1.165, 1.54) is 0 Å². The first-order valence-electron chi connectivity index (χ1n) is 5.71. The third kappa shape index (κ3) is 7.72. The molecule has 2 atom stereocenters. The zero-order chi connectivity index (χ0) is 13.7. The Morgan fingerprint density at radius 1 is 1.06 bits per heavy atom. The van der Waals surface area contributed by atoms with Gasteiger partial charge in [-0.1, -0.05) is 6.92 Å². The van der Waals surface area contributed by atoms with E-state index in [2.05, 4.69) is 5.32 Å². The molecule has 1 N–H and O–H groups in total. The molecule has 0 aliphatic heterocycles. The predicted molar refractivity (Wildman–Crippen MR) is 70.7 cm³/mol. The van der Waals surface area contributed by atoms with Gasteiger partial charge in [0.25, 0.3) is 0 Å². The Kier molecular flexibility index (Phi) is 6.65. The highest BCUT2D eigenvalue weighted by Gasteiger charge is 2.23. The molecule has 0 fully saturated rings. The van der Waals surface area contributed by atoms with Crippen LogP contribution in [0.4, 0.5) is 0 Å². The summed E-state index contributed by atoms with van der Waals surface area (Å²) in [5.41, 5.74) is 0. The molecule has 0 saturated carbocycles. The fourth-order valence-electron chi connectivity index (χ4n) is 1.55. The second-order valence-electron chi connectivity index (χ2n) is 4.50. The molecule has 5 nitrogen and oxygen atoms in total. The molecule has 0 rings (SSSR count). The molecule has 0 saturated heterocycles. The van der Waals surface area contributed by atoms with Crippen LogP contribution in [0.5, 0.6) is 0 Å². The first kappa shape index (κ1) is 16.9. The van der Waals surface area contributed by atoms with Gasteiger partial charge >= 0.3 is 0 Å².